The molecule has 33 heavy (non-hydrogen) atoms. The van der Waals surface area contributed by atoms with Gasteiger partial charge in [0.15, 0.2) is 0 Å². The number of benzene rings is 2. The number of nitriles is 1. The van der Waals surface area contributed by atoms with E-state index in [0.717, 1.165) is 18.1 Å². The maximum absolute atomic E-state index is 13.3. The smallest absolute Gasteiger partial charge is 0.271 e. The molecule has 9 nitrogen and oxygen atoms in total. The first-order valence-electron chi connectivity index (χ1n) is 10.4. The molecular formula is C23H25FN6O3. The third-order valence-corrected chi connectivity index (χ3v) is 5.04. The third kappa shape index (κ3) is 5.99. The fourth-order valence-electron chi connectivity index (χ4n) is 3.17. The van der Waals surface area contributed by atoms with Gasteiger partial charge in [-0.3, -0.25) is 20.0 Å². The van der Waals surface area contributed by atoms with Crippen molar-refractivity contribution >= 4 is 11.8 Å². The van der Waals surface area contributed by atoms with Crippen LogP contribution in [-0.2, 0) is 11.2 Å². The largest absolute Gasteiger partial charge is 0.496 e. The maximum atomic E-state index is 13.3. The van der Waals surface area contributed by atoms with E-state index in [9.17, 15) is 19.2 Å². The number of hydrogen-bond acceptors (Lipinski definition) is 7. The van der Waals surface area contributed by atoms with Crippen molar-refractivity contribution in [2.75, 3.05) is 20.2 Å². The second-order valence-electron chi connectivity index (χ2n) is 7.20. The van der Waals surface area contributed by atoms with Crippen LogP contribution < -0.4 is 26.3 Å². The van der Waals surface area contributed by atoms with E-state index in [2.05, 4.69) is 27.7 Å². The van der Waals surface area contributed by atoms with Crippen LogP contribution >= 0.6 is 0 Å². The fourth-order valence-corrected chi connectivity index (χ4v) is 3.17. The van der Waals surface area contributed by atoms with Gasteiger partial charge in [0.2, 0.25) is 0 Å². The van der Waals surface area contributed by atoms with Gasteiger partial charge < -0.3 is 15.4 Å². The molecule has 0 aromatic heterocycles. The maximum Gasteiger partial charge on any atom is 0.271 e. The first kappa shape index (κ1) is 23.6. The van der Waals surface area contributed by atoms with Gasteiger partial charge >= 0.3 is 0 Å². The minimum Gasteiger partial charge on any atom is -0.496 e. The zero-order valence-electron chi connectivity index (χ0n) is 18.3. The van der Waals surface area contributed by atoms with Crippen LogP contribution in [0.25, 0.3) is 0 Å². The minimum atomic E-state index is -0.787. The summed E-state index contributed by atoms with van der Waals surface area (Å²) in [6, 6.07) is 12.5. The van der Waals surface area contributed by atoms with Crippen molar-refractivity contribution in [3.63, 3.8) is 0 Å². The van der Waals surface area contributed by atoms with E-state index in [-0.39, 0.29) is 23.6 Å². The Morgan fingerprint density at radius 1 is 1.21 bits per heavy atom. The predicted octanol–water partition coefficient (Wildman–Crippen LogP) is 1.67. The lowest BCUT2D eigenvalue weighted by Gasteiger charge is -2.15. The molecule has 1 aliphatic heterocycles. The zero-order valence-corrected chi connectivity index (χ0v) is 18.3. The van der Waals surface area contributed by atoms with Crippen molar-refractivity contribution in [3.8, 4) is 11.8 Å². The lowest BCUT2D eigenvalue weighted by molar-refractivity contribution is -0.118. The Bertz CT molecular complexity index is 1080. The predicted molar refractivity (Wildman–Crippen MR) is 119 cm³/mol. The van der Waals surface area contributed by atoms with Gasteiger partial charge in [-0.2, -0.15) is 5.26 Å². The van der Waals surface area contributed by atoms with E-state index in [0.29, 0.717) is 12.1 Å². The van der Waals surface area contributed by atoms with Gasteiger partial charge in [-0.05, 0) is 29.7 Å². The number of methoxy groups -OCH3 is 1. The molecule has 10 heteroatoms. The molecule has 1 heterocycles. The van der Waals surface area contributed by atoms with E-state index in [1.54, 1.807) is 5.01 Å². The zero-order chi connectivity index (χ0) is 23.8. The Hall–Kier alpha value is -4.10. The molecule has 2 amide bonds. The van der Waals surface area contributed by atoms with Crippen LogP contribution in [0.1, 0.15) is 34.5 Å². The van der Waals surface area contributed by atoms with Crippen molar-refractivity contribution in [1.82, 2.24) is 26.6 Å². The van der Waals surface area contributed by atoms with Crippen LogP contribution in [-0.4, -0.2) is 37.0 Å². The Morgan fingerprint density at radius 3 is 2.64 bits per heavy atom. The molecule has 0 fully saturated rings. The van der Waals surface area contributed by atoms with Crippen LogP contribution in [0, 0.1) is 17.1 Å². The number of carbonyl (C=O) groups excluding carboxylic acids is 2. The summed E-state index contributed by atoms with van der Waals surface area (Å²) in [6.07, 6.45) is 2.43. The fraction of sp³-hybridized carbons (Fsp3) is 0.261. The van der Waals surface area contributed by atoms with Gasteiger partial charge in [-0.15, -0.1) is 5.53 Å². The summed E-state index contributed by atoms with van der Waals surface area (Å²) in [4.78, 5) is 24.9. The highest BCUT2D eigenvalue weighted by Crippen LogP contribution is 2.19. The molecule has 1 atom stereocenters. The van der Waals surface area contributed by atoms with E-state index in [1.807, 2.05) is 31.2 Å². The summed E-state index contributed by atoms with van der Waals surface area (Å²) in [6.45, 7) is 2.61. The number of hydrazine groups is 2. The summed E-state index contributed by atoms with van der Waals surface area (Å²) in [5.41, 5.74) is 7.83. The number of rotatable bonds is 9. The first-order valence-corrected chi connectivity index (χ1v) is 10.4. The molecule has 0 saturated carbocycles. The number of ether oxygens (including phenoxy) is 1. The lowest BCUT2D eigenvalue weighted by Crippen LogP contribution is -2.42. The standard InChI is InChI=1S/C23H25FN6O3/c1-3-15-4-6-16(7-5-15)19(13-25)27-23(32)20-14-30(29-28-20)11-10-26-22(31)18-9-8-17(24)12-21(18)33-2/h4-9,12,14,19,28-29H,3,10-11H2,1-2H3,(H,26,31)(H,27,32). The molecular weight excluding hydrogens is 427 g/mol. The number of carbonyl (C=O) groups is 2. The average Bonchev–Trinajstić information content (AvgIpc) is 3.31. The summed E-state index contributed by atoms with van der Waals surface area (Å²) >= 11 is 0. The van der Waals surface area contributed by atoms with Gasteiger partial charge in [0.25, 0.3) is 11.8 Å². The summed E-state index contributed by atoms with van der Waals surface area (Å²) in [5.74, 6) is -1.21. The molecule has 1 unspecified atom stereocenters. The number of amides is 2. The molecule has 0 bridgehead atoms. The Labute approximate surface area is 191 Å². The number of aryl methyl sites for hydroxylation is 1. The van der Waals surface area contributed by atoms with E-state index < -0.39 is 23.7 Å². The van der Waals surface area contributed by atoms with Crippen LogP contribution in [0.4, 0.5) is 4.39 Å². The summed E-state index contributed by atoms with van der Waals surface area (Å²) < 4.78 is 18.3. The molecule has 1 aliphatic rings. The molecule has 2 aromatic carbocycles. The number of hydrogen-bond donors (Lipinski definition) is 4. The van der Waals surface area contributed by atoms with Crippen LogP contribution in [0.3, 0.4) is 0 Å². The van der Waals surface area contributed by atoms with Crippen LogP contribution in [0.2, 0.25) is 0 Å². The average molecular weight is 452 g/mol. The van der Waals surface area contributed by atoms with Gasteiger partial charge in [-0.25, -0.2) is 4.39 Å². The lowest BCUT2D eigenvalue weighted by atomic mass is 10.0. The Balaban J connectivity index is 1.51. The topological polar surface area (TPSA) is 119 Å². The van der Waals surface area contributed by atoms with Crippen molar-refractivity contribution < 1.29 is 18.7 Å². The molecule has 2 aromatic rings. The van der Waals surface area contributed by atoms with Crippen molar-refractivity contribution in [1.29, 1.82) is 5.26 Å². The molecule has 3 rings (SSSR count). The van der Waals surface area contributed by atoms with Crippen molar-refractivity contribution in [2.45, 2.75) is 19.4 Å². The monoisotopic (exact) mass is 452 g/mol. The van der Waals surface area contributed by atoms with Crippen molar-refractivity contribution in [2.24, 2.45) is 0 Å². The van der Waals surface area contributed by atoms with Crippen LogP contribution in [0.15, 0.2) is 54.4 Å². The molecule has 0 spiro atoms. The van der Waals surface area contributed by atoms with Gasteiger partial charge in [0.1, 0.15) is 23.3 Å². The van der Waals surface area contributed by atoms with Gasteiger partial charge in [0, 0.05) is 18.8 Å². The first-order chi connectivity index (χ1) is 15.9. The molecule has 172 valence electrons. The van der Waals surface area contributed by atoms with Crippen LogP contribution in [0.5, 0.6) is 5.75 Å². The SMILES string of the molecule is CCc1ccc(C(C#N)NC(=O)C2=CN(CCNC(=O)c3ccc(F)cc3OC)NN2)cc1. The minimum absolute atomic E-state index is 0.142. The number of halogens is 1. The highest BCUT2D eigenvalue weighted by Gasteiger charge is 2.21. The van der Waals surface area contributed by atoms with E-state index in [4.69, 9.17) is 4.74 Å². The molecule has 0 saturated heterocycles. The second-order valence-corrected chi connectivity index (χ2v) is 7.20. The van der Waals surface area contributed by atoms with Gasteiger partial charge in [0.05, 0.1) is 25.3 Å². The third-order valence-electron chi connectivity index (χ3n) is 5.04. The number of nitrogens with one attached hydrogen (secondary N) is 4. The Kier molecular flexibility index (Phi) is 7.83. The van der Waals surface area contributed by atoms with E-state index in [1.165, 1.54) is 25.4 Å². The Morgan fingerprint density at radius 2 is 1.97 bits per heavy atom. The van der Waals surface area contributed by atoms with Gasteiger partial charge in [-0.1, -0.05) is 31.2 Å². The second kappa shape index (κ2) is 11.0. The van der Waals surface area contributed by atoms with E-state index >= 15 is 0 Å². The number of nitrogens with zero attached hydrogens (tertiary/aromatic N) is 2. The molecule has 0 aliphatic carbocycles. The summed E-state index contributed by atoms with van der Waals surface area (Å²) in [7, 11) is 1.36. The summed E-state index contributed by atoms with van der Waals surface area (Å²) in [5, 5.41) is 16.4. The normalized spacial score (nSPS) is 13.4. The highest BCUT2D eigenvalue weighted by atomic mass is 19.1. The molecule has 0 radical (unpaired) electrons. The van der Waals surface area contributed by atoms with Crippen molar-refractivity contribution in [3.05, 3.63) is 76.9 Å². The highest BCUT2D eigenvalue weighted by molar-refractivity contribution is 5.97. The quantitative estimate of drug-likeness (QED) is 0.457. The molecule has 4 N–H and O–H groups in total.